The van der Waals surface area contributed by atoms with Crippen LogP contribution in [0.3, 0.4) is 0 Å². The van der Waals surface area contributed by atoms with E-state index in [0.29, 0.717) is 28.3 Å². The second kappa shape index (κ2) is 7.99. The van der Waals surface area contributed by atoms with Gasteiger partial charge in [-0.05, 0) is 68.1 Å². The molecule has 1 saturated carbocycles. The number of aromatic amines is 1. The highest BCUT2D eigenvalue weighted by atomic mass is 19.1. The average Bonchev–Trinajstić information content (AvgIpc) is 3.53. The van der Waals surface area contributed by atoms with E-state index >= 15 is 0 Å². The number of H-pyrrole nitrogens is 1. The van der Waals surface area contributed by atoms with Gasteiger partial charge >= 0.3 is 0 Å². The van der Waals surface area contributed by atoms with E-state index in [4.69, 9.17) is 4.74 Å². The zero-order chi connectivity index (χ0) is 22.2. The fourth-order valence-corrected chi connectivity index (χ4v) is 3.49. The number of hydrogen-bond acceptors (Lipinski definition) is 5. The van der Waals surface area contributed by atoms with Crippen LogP contribution in [0.15, 0.2) is 48.5 Å². The van der Waals surface area contributed by atoms with Gasteiger partial charge < -0.3 is 10.1 Å². The molecule has 0 saturated heterocycles. The minimum absolute atomic E-state index is 0.0631. The second-order valence-electron chi connectivity index (χ2n) is 7.82. The minimum Gasteiger partial charge on any atom is -0.487 e. The van der Waals surface area contributed by atoms with Crippen molar-refractivity contribution in [3.63, 3.8) is 0 Å². The summed E-state index contributed by atoms with van der Waals surface area (Å²) in [4.78, 5) is 17.1. The van der Waals surface area contributed by atoms with Gasteiger partial charge in [-0.25, -0.2) is 13.8 Å². The third kappa shape index (κ3) is 4.01. The second-order valence-corrected chi connectivity index (χ2v) is 7.82. The van der Waals surface area contributed by atoms with E-state index in [1.165, 1.54) is 30.3 Å². The van der Waals surface area contributed by atoms with Crippen LogP contribution in [0.4, 0.5) is 14.5 Å². The minimum atomic E-state index is -0.703. The summed E-state index contributed by atoms with van der Waals surface area (Å²) in [5.41, 5.74) is 2.06. The number of nitrogens with zero attached hydrogens (tertiary/aromatic N) is 3. The largest absolute Gasteiger partial charge is 0.487 e. The molecule has 5 rings (SSSR count). The molecule has 2 heterocycles. The smallest absolute Gasteiger partial charge is 0.258 e. The van der Waals surface area contributed by atoms with Crippen molar-refractivity contribution in [2.24, 2.45) is 5.92 Å². The third-order valence-corrected chi connectivity index (χ3v) is 5.48. The van der Waals surface area contributed by atoms with Crippen LogP contribution in [0.2, 0.25) is 0 Å². The first-order valence-corrected chi connectivity index (χ1v) is 10.2. The van der Waals surface area contributed by atoms with E-state index in [1.54, 1.807) is 12.1 Å². The first kappa shape index (κ1) is 20.0. The molecule has 2 aromatic heterocycles. The topological polar surface area (TPSA) is 92.8 Å². The highest BCUT2D eigenvalue weighted by molar-refractivity contribution is 6.05. The number of aromatic nitrogens is 4. The van der Waals surface area contributed by atoms with Crippen molar-refractivity contribution in [2.75, 3.05) is 5.32 Å². The Labute approximate surface area is 181 Å². The number of benzene rings is 2. The Morgan fingerprint density at radius 2 is 1.94 bits per heavy atom. The van der Waals surface area contributed by atoms with Gasteiger partial charge in [0.05, 0.1) is 17.4 Å². The molecule has 0 bridgehead atoms. The molecular formula is C23H19F2N5O2. The van der Waals surface area contributed by atoms with Crippen molar-refractivity contribution in [3.05, 3.63) is 65.7 Å². The lowest BCUT2D eigenvalue weighted by atomic mass is 10.1. The highest BCUT2D eigenvalue weighted by Crippen LogP contribution is 2.35. The molecule has 0 unspecified atom stereocenters. The molecule has 1 fully saturated rings. The Hall–Kier alpha value is -3.88. The number of carbonyl (C=O) groups excluding carboxylic acids is 1. The fraction of sp³-hybridized carbons (Fsp3) is 0.217. The monoisotopic (exact) mass is 435 g/mol. The van der Waals surface area contributed by atoms with Crippen molar-refractivity contribution < 1.29 is 18.3 Å². The maximum atomic E-state index is 14.4. The molecular weight excluding hydrogens is 416 g/mol. The Kier molecular flexibility index (Phi) is 5.01. The van der Waals surface area contributed by atoms with Crippen LogP contribution in [0.1, 0.15) is 30.1 Å². The van der Waals surface area contributed by atoms with Crippen LogP contribution in [0.25, 0.3) is 22.4 Å². The van der Waals surface area contributed by atoms with Gasteiger partial charge in [-0.15, -0.1) is 5.10 Å². The fourth-order valence-electron chi connectivity index (χ4n) is 3.49. The van der Waals surface area contributed by atoms with Crippen molar-refractivity contribution >= 4 is 22.8 Å². The zero-order valence-corrected chi connectivity index (χ0v) is 17.1. The normalized spacial score (nSPS) is 14.3. The van der Waals surface area contributed by atoms with Crippen molar-refractivity contribution in [1.29, 1.82) is 0 Å². The van der Waals surface area contributed by atoms with Gasteiger partial charge in [0.1, 0.15) is 11.3 Å². The first-order valence-electron chi connectivity index (χ1n) is 10.2. The van der Waals surface area contributed by atoms with Crippen molar-refractivity contribution in [3.8, 4) is 17.0 Å². The summed E-state index contributed by atoms with van der Waals surface area (Å²) in [6.45, 7) is 1.91. The number of hydrogen-bond donors (Lipinski definition) is 2. The summed E-state index contributed by atoms with van der Waals surface area (Å²) < 4.78 is 34.5. The standard InChI is InChI=1S/C23H19F2N5O2/c1-12(13-2-3-13)32-21-9-5-15(11-18(21)25)26-23(31)16-10-14(4-6-17(16)24)19-7-8-20-22(27-19)29-30-28-20/h4-13H,2-3H2,1H3,(H,26,31)(H,27,28,29,30)/t12-/m1/s1. The van der Waals surface area contributed by atoms with Gasteiger partial charge in [-0.1, -0.05) is 0 Å². The SMILES string of the molecule is C[C@@H](Oc1ccc(NC(=O)c2cc(-c3ccc4n[nH]nc4n3)ccc2F)cc1F)C1CC1. The number of carbonyl (C=O) groups is 1. The van der Waals surface area contributed by atoms with Crippen LogP contribution in [-0.4, -0.2) is 32.4 Å². The molecule has 2 aromatic carbocycles. The Morgan fingerprint density at radius 3 is 2.72 bits per heavy atom. The number of nitrogens with one attached hydrogen (secondary N) is 2. The van der Waals surface area contributed by atoms with E-state index in [0.717, 1.165) is 18.9 Å². The number of ether oxygens (including phenoxy) is 1. The number of halogens is 2. The summed E-state index contributed by atoms with van der Waals surface area (Å²) in [6.07, 6.45) is 2.11. The molecule has 0 spiro atoms. The Bertz CT molecular complexity index is 1320. The molecule has 1 atom stereocenters. The lowest BCUT2D eigenvalue weighted by Gasteiger charge is -2.15. The number of pyridine rings is 1. The third-order valence-electron chi connectivity index (χ3n) is 5.48. The van der Waals surface area contributed by atoms with Crippen LogP contribution in [0, 0.1) is 17.6 Å². The van der Waals surface area contributed by atoms with Gasteiger partial charge in [0.25, 0.3) is 5.91 Å². The number of fused-ring (bicyclic) bond motifs is 1. The van der Waals surface area contributed by atoms with Gasteiger partial charge in [0.2, 0.25) is 5.65 Å². The van der Waals surface area contributed by atoms with Crippen LogP contribution in [-0.2, 0) is 0 Å². The summed E-state index contributed by atoms with van der Waals surface area (Å²) in [7, 11) is 0. The predicted octanol–water partition coefficient (Wildman–Crippen LogP) is 4.73. The van der Waals surface area contributed by atoms with E-state index in [9.17, 15) is 13.6 Å². The molecule has 32 heavy (non-hydrogen) atoms. The molecule has 2 N–H and O–H groups in total. The molecule has 1 aliphatic rings. The molecule has 9 heteroatoms. The Balaban J connectivity index is 1.36. The van der Waals surface area contributed by atoms with Crippen LogP contribution in [0.5, 0.6) is 5.75 Å². The zero-order valence-electron chi connectivity index (χ0n) is 17.1. The van der Waals surface area contributed by atoms with Gasteiger partial charge in [0.15, 0.2) is 11.6 Å². The number of amides is 1. The number of rotatable bonds is 6. The average molecular weight is 435 g/mol. The number of anilines is 1. The summed E-state index contributed by atoms with van der Waals surface area (Å²) >= 11 is 0. The molecule has 4 aromatic rings. The van der Waals surface area contributed by atoms with Gasteiger partial charge in [0, 0.05) is 17.3 Å². The van der Waals surface area contributed by atoms with Gasteiger partial charge in [-0.3, -0.25) is 4.79 Å². The van der Waals surface area contributed by atoms with Crippen LogP contribution < -0.4 is 10.1 Å². The maximum Gasteiger partial charge on any atom is 0.258 e. The van der Waals surface area contributed by atoms with E-state index in [2.05, 4.69) is 25.7 Å². The lowest BCUT2D eigenvalue weighted by molar-refractivity contribution is 0.102. The van der Waals surface area contributed by atoms with E-state index in [1.807, 2.05) is 6.92 Å². The molecule has 0 aliphatic heterocycles. The Morgan fingerprint density at radius 1 is 1.09 bits per heavy atom. The van der Waals surface area contributed by atoms with Crippen molar-refractivity contribution in [1.82, 2.24) is 20.4 Å². The van der Waals surface area contributed by atoms with E-state index in [-0.39, 0.29) is 23.1 Å². The quantitative estimate of drug-likeness (QED) is 0.457. The maximum absolute atomic E-state index is 14.4. The summed E-state index contributed by atoms with van der Waals surface area (Å²) in [5, 5.41) is 12.9. The molecule has 1 amide bonds. The summed E-state index contributed by atoms with van der Waals surface area (Å²) in [5.74, 6) is -1.40. The van der Waals surface area contributed by atoms with Gasteiger partial charge in [-0.2, -0.15) is 10.3 Å². The predicted molar refractivity (Wildman–Crippen MR) is 114 cm³/mol. The molecule has 162 valence electrons. The molecule has 7 nitrogen and oxygen atoms in total. The highest BCUT2D eigenvalue weighted by Gasteiger charge is 2.30. The van der Waals surface area contributed by atoms with E-state index < -0.39 is 17.5 Å². The molecule has 1 aliphatic carbocycles. The lowest BCUT2D eigenvalue weighted by Crippen LogP contribution is -2.16. The van der Waals surface area contributed by atoms with Crippen molar-refractivity contribution in [2.45, 2.75) is 25.9 Å². The van der Waals surface area contributed by atoms with Crippen LogP contribution >= 0.6 is 0 Å². The molecule has 0 radical (unpaired) electrons. The first-order chi connectivity index (χ1) is 15.5. The summed E-state index contributed by atoms with van der Waals surface area (Å²) in [6, 6.07) is 11.7.